The van der Waals surface area contributed by atoms with E-state index in [2.05, 4.69) is 23.7 Å². The Labute approximate surface area is 113 Å². The average molecular weight is 263 g/mol. The van der Waals surface area contributed by atoms with Crippen LogP contribution in [0.1, 0.15) is 37.0 Å². The van der Waals surface area contributed by atoms with Crippen LogP contribution >= 0.6 is 0 Å². The van der Waals surface area contributed by atoms with Gasteiger partial charge in [-0.15, -0.1) is 0 Å². The van der Waals surface area contributed by atoms with Crippen molar-refractivity contribution in [3.8, 4) is 0 Å². The van der Waals surface area contributed by atoms with Gasteiger partial charge in [0.05, 0.1) is 19.0 Å². The molecule has 0 aromatic carbocycles. The molecule has 5 nitrogen and oxygen atoms in total. The molecule has 19 heavy (non-hydrogen) atoms. The lowest BCUT2D eigenvalue weighted by molar-refractivity contribution is 0.0601. The Morgan fingerprint density at radius 3 is 2.89 bits per heavy atom. The fourth-order valence-corrected chi connectivity index (χ4v) is 2.68. The van der Waals surface area contributed by atoms with E-state index in [1.54, 1.807) is 12.3 Å². The molecule has 0 spiro atoms. The van der Waals surface area contributed by atoms with Crippen molar-refractivity contribution in [2.75, 3.05) is 24.3 Å². The molecule has 2 atom stereocenters. The van der Waals surface area contributed by atoms with Gasteiger partial charge < -0.3 is 15.4 Å². The van der Waals surface area contributed by atoms with Crippen LogP contribution in [0.2, 0.25) is 0 Å². The summed E-state index contributed by atoms with van der Waals surface area (Å²) in [6.45, 7) is 5.32. The highest BCUT2D eigenvalue weighted by Gasteiger charge is 2.27. The summed E-state index contributed by atoms with van der Waals surface area (Å²) in [7, 11) is 1.37. The van der Waals surface area contributed by atoms with Gasteiger partial charge in [-0.3, -0.25) is 0 Å². The monoisotopic (exact) mass is 263 g/mol. The lowest BCUT2D eigenvalue weighted by Crippen LogP contribution is -2.41. The molecule has 0 amide bonds. The highest BCUT2D eigenvalue weighted by Crippen LogP contribution is 2.29. The topological polar surface area (TPSA) is 68.5 Å². The second-order valence-corrected chi connectivity index (χ2v) is 5.30. The van der Waals surface area contributed by atoms with Crippen LogP contribution < -0.4 is 10.6 Å². The van der Waals surface area contributed by atoms with Gasteiger partial charge in [0.2, 0.25) is 0 Å². The van der Waals surface area contributed by atoms with E-state index in [-0.39, 0.29) is 5.97 Å². The summed E-state index contributed by atoms with van der Waals surface area (Å²) < 4.78 is 4.82. The number of pyridine rings is 1. The molecule has 2 rings (SSSR count). The van der Waals surface area contributed by atoms with Crippen LogP contribution in [0.5, 0.6) is 0 Å². The Balaban J connectivity index is 2.36. The minimum atomic E-state index is -0.388. The van der Waals surface area contributed by atoms with E-state index in [9.17, 15) is 4.79 Å². The van der Waals surface area contributed by atoms with Crippen molar-refractivity contribution in [2.45, 2.75) is 32.7 Å². The van der Waals surface area contributed by atoms with Crippen LogP contribution in [0.15, 0.2) is 12.3 Å². The van der Waals surface area contributed by atoms with Crippen LogP contribution in [0.3, 0.4) is 0 Å². The van der Waals surface area contributed by atoms with E-state index in [0.29, 0.717) is 29.0 Å². The minimum absolute atomic E-state index is 0.364. The second kappa shape index (κ2) is 5.47. The predicted molar refractivity (Wildman–Crippen MR) is 75.2 cm³/mol. The van der Waals surface area contributed by atoms with Gasteiger partial charge in [0.15, 0.2) is 0 Å². The van der Waals surface area contributed by atoms with Gasteiger partial charge in [-0.2, -0.15) is 0 Å². The third-order valence-corrected chi connectivity index (χ3v) is 3.70. The number of nitrogens with zero attached hydrogens (tertiary/aromatic N) is 2. The molecule has 0 bridgehead atoms. The number of piperidine rings is 1. The maximum atomic E-state index is 11.9. The highest BCUT2D eigenvalue weighted by atomic mass is 16.5. The number of carbonyl (C=O) groups excluding carboxylic acids is 1. The molecule has 1 aliphatic heterocycles. The number of methoxy groups -OCH3 is 1. The molecule has 1 aliphatic rings. The first-order valence-electron chi connectivity index (χ1n) is 6.63. The third kappa shape index (κ3) is 2.80. The largest absolute Gasteiger partial charge is 0.465 e. The van der Waals surface area contributed by atoms with Gasteiger partial charge in [0.1, 0.15) is 11.4 Å². The van der Waals surface area contributed by atoms with Crippen molar-refractivity contribution in [1.82, 2.24) is 4.98 Å². The second-order valence-electron chi connectivity index (χ2n) is 5.30. The maximum Gasteiger partial charge on any atom is 0.341 e. The molecule has 5 heteroatoms. The third-order valence-electron chi connectivity index (χ3n) is 3.70. The van der Waals surface area contributed by atoms with Gasteiger partial charge in [-0.25, -0.2) is 9.78 Å². The van der Waals surface area contributed by atoms with Gasteiger partial charge >= 0.3 is 5.97 Å². The Hall–Kier alpha value is -1.78. The molecule has 1 aromatic heterocycles. The number of aromatic nitrogens is 1. The fraction of sp³-hybridized carbons (Fsp3) is 0.571. The van der Waals surface area contributed by atoms with Crippen molar-refractivity contribution in [3.63, 3.8) is 0 Å². The zero-order valence-electron chi connectivity index (χ0n) is 11.7. The van der Waals surface area contributed by atoms with Crippen molar-refractivity contribution in [2.24, 2.45) is 5.92 Å². The van der Waals surface area contributed by atoms with E-state index in [1.165, 1.54) is 7.11 Å². The van der Waals surface area contributed by atoms with E-state index in [1.807, 2.05) is 0 Å². The molecular weight excluding hydrogens is 242 g/mol. The summed E-state index contributed by atoms with van der Waals surface area (Å²) in [5.41, 5.74) is 6.64. The van der Waals surface area contributed by atoms with Crippen molar-refractivity contribution in [1.29, 1.82) is 0 Å². The van der Waals surface area contributed by atoms with Gasteiger partial charge in [-0.05, 0) is 31.7 Å². The van der Waals surface area contributed by atoms with Gasteiger partial charge in [0, 0.05) is 12.6 Å². The van der Waals surface area contributed by atoms with Crippen molar-refractivity contribution < 1.29 is 9.53 Å². The van der Waals surface area contributed by atoms with Crippen LogP contribution in [0, 0.1) is 5.92 Å². The summed E-state index contributed by atoms with van der Waals surface area (Å²) in [5, 5.41) is 0. The minimum Gasteiger partial charge on any atom is -0.465 e. The molecule has 2 N–H and O–H groups in total. The molecule has 1 fully saturated rings. The van der Waals surface area contributed by atoms with Crippen LogP contribution in [0.25, 0.3) is 0 Å². The number of nitrogen functional groups attached to an aromatic ring is 1. The Morgan fingerprint density at radius 2 is 2.26 bits per heavy atom. The molecule has 2 heterocycles. The summed E-state index contributed by atoms with van der Waals surface area (Å²) in [6.07, 6.45) is 3.80. The molecule has 2 unspecified atom stereocenters. The van der Waals surface area contributed by atoms with Crippen LogP contribution in [-0.4, -0.2) is 30.6 Å². The number of nitrogens with two attached hydrogens (primary N) is 1. The number of anilines is 2. The Bertz CT molecular complexity index is 476. The number of carbonyl (C=O) groups is 1. The quantitative estimate of drug-likeness (QED) is 0.827. The lowest BCUT2D eigenvalue weighted by atomic mass is 9.93. The Kier molecular flexibility index (Phi) is 3.93. The first kappa shape index (κ1) is 13.6. The van der Waals surface area contributed by atoms with E-state index in [4.69, 9.17) is 10.5 Å². The Morgan fingerprint density at radius 1 is 1.53 bits per heavy atom. The SMILES string of the molecule is COC(=O)c1cc(N)cnc1N1CCC(C)CC1C. The van der Waals surface area contributed by atoms with E-state index in [0.717, 1.165) is 19.4 Å². The normalized spacial score (nSPS) is 23.2. The summed E-state index contributed by atoms with van der Waals surface area (Å²) in [5.74, 6) is 1.00. The summed E-state index contributed by atoms with van der Waals surface area (Å²) in [6, 6.07) is 2.00. The molecule has 1 saturated heterocycles. The number of ether oxygens (including phenoxy) is 1. The summed E-state index contributed by atoms with van der Waals surface area (Å²) in [4.78, 5) is 18.4. The first-order valence-corrected chi connectivity index (χ1v) is 6.63. The first-order chi connectivity index (χ1) is 9.02. The molecular formula is C14H21N3O2. The summed E-state index contributed by atoms with van der Waals surface area (Å²) >= 11 is 0. The van der Waals surface area contributed by atoms with E-state index < -0.39 is 0 Å². The molecule has 0 saturated carbocycles. The smallest absolute Gasteiger partial charge is 0.341 e. The average Bonchev–Trinajstić information content (AvgIpc) is 2.38. The number of rotatable bonds is 2. The lowest BCUT2D eigenvalue weighted by Gasteiger charge is -2.38. The number of hydrogen-bond donors (Lipinski definition) is 1. The molecule has 0 radical (unpaired) electrons. The van der Waals surface area contributed by atoms with Gasteiger partial charge in [-0.1, -0.05) is 6.92 Å². The van der Waals surface area contributed by atoms with Crippen molar-refractivity contribution >= 4 is 17.5 Å². The predicted octanol–water partition coefficient (Wildman–Crippen LogP) is 2.08. The fourth-order valence-electron chi connectivity index (χ4n) is 2.68. The molecule has 0 aliphatic carbocycles. The number of hydrogen-bond acceptors (Lipinski definition) is 5. The zero-order chi connectivity index (χ0) is 14.0. The number of esters is 1. The van der Waals surface area contributed by atoms with E-state index >= 15 is 0 Å². The highest BCUT2D eigenvalue weighted by molar-refractivity contribution is 5.95. The maximum absolute atomic E-state index is 11.9. The standard InChI is InChI=1S/C14H21N3O2/c1-9-4-5-17(10(2)6-9)13-12(14(18)19-3)7-11(15)8-16-13/h7-10H,4-6,15H2,1-3H3. The molecule has 1 aromatic rings. The van der Waals surface area contributed by atoms with Crippen LogP contribution in [-0.2, 0) is 4.74 Å². The van der Waals surface area contributed by atoms with Gasteiger partial charge in [0.25, 0.3) is 0 Å². The van der Waals surface area contributed by atoms with Crippen LogP contribution in [0.4, 0.5) is 11.5 Å². The molecule has 104 valence electrons. The van der Waals surface area contributed by atoms with Crippen molar-refractivity contribution in [3.05, 3.63) is 17.8 Å². The zero-order valence-corrected chi connectivity index (χ0v) is 11.7.